The van der Waals surface area contributed by atoms with Crippen molar-refractivity contribution in [2.75, 3.05) is 5.32 Å². The molecule has 0 aliphatic carbocycles. The van der Waals surface area contributed by atoms with Gasteiger partial charge in [-0.05, 0) is 37.6 Å². The number of benzene rings is 1. The Morgan fingerprint density at radius 3 is 2.53 bits per heavy atom. The fraction of sp³-hybridized carbons (Fsp3) is 0.214. The summed E-state index contributed by atoms with van der Waals surface area (Å²) in [6, 6.07) is 11.8. The van der Waals surface area contributed by atoms with Gasteiger partial charge in [-0.1, -0.05) is 18.2 Å². The summed E-state index contributed by atoms with van der Waals surface area (Å²) >= 11 is 0. The summed E-state index contributed by atoms with van der Waals surface area (Å²) in [7, 11) is 0. The molecule has 88 valence electrons. The van der Waals surface area contributed by atoms with E-state index in [0.717, 1.165) is 22.6 Å². The summed E-state index contributed by atoms with van der Waals surface area (Å²) < 4.78 is 0. The van der Waals surface area contributed by atoms with Crippen molar-refractivity contribution in [1.82, 2.24) is 4.98 Å². The zero-order chi connectivity index (χ0) is 12.3. The molecule has 1 aromatic carbocycles. The molecule has 2 rings (SSSR count). The van der Waals surface area contributed by atoms with Crippen molar-refractivity contribution in [3.05, 3.63) is 53.7 Å². The number of nitrogens with one attached hydrogen (secondary N) is 1. The van der Waals surface area contributed by atoms with Crippen LogP contribution in [0.3, 0.4) is 0 Å². The largest absolute Gasteiger partial charge is 0.389 e. The fourth-order valence-electron chi connectivity index (χ4n) is 1.74. The Kier molecular flexibility index (Phi) is 3.40. The zero-order valence-electron chi connectivity index (χ0n) is 10.0. The highest BCUT2D eigenvalue weighted by molar-refractivity contribution is 5.56. The molecule has 0 bridgehead atoms. The SMILES string of the molecule is Cc1cc(Nc2ccccc2)ncc1C(C)O. The molecular formula is C14H16N2O. The molecule has 3 heteroatoms. The maximum Gasteiger partial charge on any atom is 0.130 e. The Balaban J connectivity index is 2.21. The number of hydrogen-bond acceptors (Lipinski definition) is 3. The third-order valence-electron chi connectivity index (χ3n) is 2.65. The normalized spacial score (nSPS) is 12.2. The molecule has 0 spiro atoms. The van der Waals surface area contributed by atoms with E-state index in [2.05, 4.69) is 10.3 Å². The average molecular weight is 228 g/mol. The predicted octanol–water partition coefficient (Wildman–Crippen LogP) is 3.19. The highest BCUT2D eigenvalue weighted by atomic mass is 16.3. The van der Waals surface area contributed by atoms with E-state index in [-0.39, 0.29) is 0 Å². The Bertz CT molecular complexity index is 495. The summed E-state index contributed by atoms with van der Waals surface area (Å²) in [5, 5.41) is 12.7. The number of pyridine rings is 1. The van der Waals surface area contributed by atoms with Crippen molar-refractivity contribution in [3.63, 3.8) is 0 Å². The van der Waals surface area contributed by atoms with E-state index in [9.17, 15) is 5.11 Å². The van der Waals surface area contributed by atoms with Gasteiger partial charge in [-0.15, -0.1) is 0 Å². The Hall–Kier alpha value is -1.87. The lowest BCUT2D eigenvalue weighted by Crippen LogP contribution is -1.99. The first-order chi connectivity index (χ1) is 8.16. The van der Waals surface area contributed by atoms with Gasteiger partial charge in [0.05, 0.1) is 6.10 Å². The average Bonchev–Trinajstić information content (AvgIpc) is 2.30. The number of aryl methyl sites for hydroxylation is 1. The molecule has 0 aliphatic heterocycles. The molecule has 0 fully saturated rings. The van der Waals surface area contributed by atoms with Crippen LogP contribution in [0.4, 0.5) is 11.5 Å². The van der Waals surface area contributed by atoms with Crippen molar-refractivity contribution in [3.8, 4) is 0 Å². The maximum absolute atomic E-state index is 9.52. The minimum Gasteiger partial charge on any atom is -0.389 e. The molecule has 0 radical (unpaired) electrons. The standard InChI is InChI=1S/C14H16N2O/c1-10-8-14(15-9-13(10)11(2)17)16-12-6-4-3-5-7-12/h3-9,11,17H,1-2H3,(H,15,16). The topological polar surface area (TPSA) is 45.2 Å². The quantitative estimate of drug-likeness (QED) is 0.848. The second-order valence-electron chi connectivity index (χ2n) is 4.09. The minimum atomic E-state index is -0.478. The molecule has 2 N–H and O–H groups in total. The number of aliphatic hydroxyl groups is 1. The predicted molar refractivity (Wildman–Crippen MR) is 69.3 cm³/mol. The first kappa shape index (κ1) is 11.6. The molecule has 0 amide bonds. The Morgan fingerprint density at radius 2 is 1.94 bits per heavy atom. The van der Waals surface area contributed by atoms with Crippen molar-refractivity contribution < 1.29 is 5.11 Å². The van der Waals surface area contributed by atoms with Crippen LogP contribution in [0.1, 0.15) is 24.2 Å². The lowest BCUT2D eigenvalue weighted by Gasteiger charge is -2.11. The van der Waals surface area contributed by atoms with Gasteiger partial charge in [-0.2, -0.15) is 0 Å². The van der Waals surface area contributed by atoms with Crippen LogP contribution in [0, 0.1) is 6.92 Å². The van der Waals surface area contributed by atoms with E-state index >= 15 is 0 Å². The van der Waals surface area contributed by atoms with Crippen LogP contribution in [0.2, 0.25) is 0 Å². The summed E-state index contributed by atoms with van der Waals surface area (Å²) in [5.74, 6) is 0.790. The Morgan fingerprint density at radius 1 is 1.24 bits per heavy atom. The monoisotopic (exact) mass is 228 g/mol. The maximum atomic E-state index is 9.52. The highest BCUT2D eigenvalue weighted by Gasteiger charge is 2.06. The van der Waals surface area contributed by atoms with Gasteiger partial charge in [0.2, 0.25) is 0 Å². The van der Waals surface area contributed by atoms with Crippen LogP contribution >= 0.6 is 0 Å². The molecule has 3 nitrogen and oxygen atoms in total. The number of nitrogens with zero attached hydrogens (tertiary/aromatic N) is 1. The summed E-state index contributed by atoms with van der Waals surface area (Å²) in [6.07, 6.45) is 1.24. The van der Waals surface area contributed by atoms with Crippen LogP contribution < -0.4 is 5.32 Å². The van der Waals surface area contributed by atoms with E-state index in [1.54, 1.807) is 13.1 Å². The van der Waals surface area contributed by atoms with E-state index in [1.807, 2.05) is 43.3 Å². The van der Waals surface area contributed by atoms with Crippen LogP contribution in [0.15, 0.2) is 42.6 Å². The second-order valence-corrected chi connectivity index (χ2v) is 4.09. The summed E-state index contributed by atoms with van der Waals surface area (Å²) in [5.41, 5.74) is 2.90. The van der Waals surface area contributed by atoms with Crippen LogP contribution in [-0.2, 0) is 0 Å². The van der Waals surface area contributed by atoms with E-state index in [1.165, 1.54) is 0 Å². The molecule has 0 saturated heterocycles. The molecule has 0 aliphatic rings. The third kappa shape index (κ3) is 2.82. The fourth-order valence-corrected chi connectivity index (χ4v) is 1.74. The molecule has 0 saturated carbocycles. The van der Waals surface area contributed by atoms with Gasteiger partial charge in [0.1, 0.15) is 5.82 Å². The molecule has 1 heterocycles. The van der Waals surface area contributed by atoms with Gasteiger partial charge in [-0.3, -0.25) is 0 Å². The number of para-hydroxylation sites is 1. The van der Waals surface area contributed by atoms with E-state index in [4.69, 9.17) is 0 Å². The second kappa shape index (κ2) is 4.97. The summed E-state index contributed by atoms with van der Waals surface area (Å²) in [6.45, 7) is 3.72. The molecule has 1 atom stereocenters. The molecule has 17 heavy (non-hydrogen) atoms. The van der Waals surface area contributed by atoms with Gasteiger partial charge in [0.15, 0.2) is 0 Å². The summed E-state index contributed by atoms with van der Waals surface area (Å²) in [4.78, 5) is 4.28. The number of hydrogen-bond donors (Lipinski definition) is 2. The van der Waals surface area contributed by atoms with E-state index < -0.39 is 6.10 Å². The van der Waals surface area contributed by atoms with Gasteiger partial charge in [0.25, 0.3) is 0 Å². The lowest BCUT2D eigenvalue weighted by atomic mass is 10.1. The third-order valence-corrected chi connectivity index (χ3v) is 2.65. The number of rotatable bonds is 3. The first-order valence-electron chi connectivity index (χ1n) is 5.63. The van der Waals surface area contributed by atoms with Crippen molar-refractivity contribution in [1.29, 1.82) is 0 Å². The number of aromatic nitrogens is 1. The van der Waals surface area contributed by atoms with Crippen LogP contribution in [-0.4, -0.2) is 10.1 Å². The smallest absolute Gasteiger partial charge is 0.130 e. The van der Waals surface area contributed by atoms with Gasteiger partial charge < -0.3 is 10.4 Å². The van der Waals surface area contributed by atoms with Gasteiger partial charge >= 0.3 is 0 Å². The zero-order valence-corrected chi connectivity index (χ0v) is 10.0. The number of anilines is 2. The molecule has 1 aromatic heterocycles. The van der Waals surface area contributed by atoms with Crippen LogP contribution in [0.25, 0.3) is 0 Å². The van der Waals surface area contributed by atoms with Crippen molar-refractivity contribution in [2.24, 2.45) is 0 Å². The number of aliphatic hydroxyl groups excluding tert-OH is 1. The van der Waals surface area contributed by atoms with E-state index in [0.29, 0.717) is 0 Å². The van der Waals surface area contributed by atoms with Gasteiger partial charge in [-0.25, -0.2) is 4.98 Å². The van der Waals surface area contributed by atoms with Crippen LogP contribution in [0.5, 0.6) is 0 Å². The molecular weight excluding hydrogens is 212 g/mol. The molecule has 1 unspecified atom stereocenters. The highest BCUT2D eigenvalue weighted by Crippen LogP contribution is 2.20. The van der Waals surface area contributed by atoms with Crippen molar-refractivity contribution in [2.45, 2.75) is 20.0 Å². The van der Waals surface area contributed by atoms with Gasteiger partial charge in [0, 0.05) is 17.4 Å². The Labute approximate surface area is 101 Å². The first-order valence-corrected chi connectivity index (χ1v) is 5.63. The molecule has 2 aromatic rings. The minimum absolute atomic E-state index is 0.478. The lowest BCUT2D eigenvalue weighted by molar-refractivity contribution is 0.198. The van der Waals surface area contributed by atoms with Crippen molar-refractivity contribution >= 4 is 11.5 Å².